The molecule has 0 aliphatic carbocycles. The highest BCUT2D eigenvalue weighted by Gasteiger charge is 2.20. The maximum absolute atomic E-state index is 9.56. The molecule has 3 nitrogen and oxygen atoms in total. The zero-order valence-corrected chi connectivity index (χ0v) is 11.6. The van der Waals surface area contributed by atoms with Crippen molar-refractivity contribution in [1.82, 2.24) is 0 Å². The average Bonchev–Trinajstić information content (AvgIpc) is 2.92. The van der Waals surface area contributed by atoms with Gasteiger partial charge in [0.1, 0.15) is 11.2 Å². The molecular weight excluding hydrogens is 275 g/mol. The third-order valence-electron chi connectivity index (χ3n) is 4.43. The first-order valence-corrected chi connectivity index (χ1v) is 7.19. The molecule has 5 rings (SSSR count). The zero-order valence-electron chi connectivity index (χ0n) is 11.6. The van der Waals surface area contributed by atoms with Gasteiger partial charge in [0, 0.05) is 10.8 Å². The standard InChI is InChI=1S/C18H11BO3/c20-19(21)10-8-14-12-5-2-1-4-11(12)13-6-3-7-15-17(13)18(14)16(9-10)22-15/h1-9,20-21H. The molecule has 0 fully saturated rings. The van der Waals surface area contributed by atoms with Crippen molar-refractivity contribution < 1.29 is 14.5 Å². The van der Waals surface area contributed by atoms with Gasteiger partial charge in [0.05, 0.1) is 0 Å². The van der Waals surface area contributed by atoms with Crippen LogP contribution in [0.3, 0.4) is 0 Å². The summed E-state index contributed by atoms with van der Waals surface area (Å²) in [6, 6.07) is 17.8. The highest BCUT2D eigenvalue weighted by molar-refractivity contribution is 6.59. The molecule has 22 heavy (non-hydrogen) atoms. The Morgan fingerprint density at radius 1 is 0.682 bits per heavy atom. The quantitative estimate of drug-likeness (QED) is 0.368. The van der Waals surface area contributed by atoms with Crippen LogP contribution in [-0.4, -0.2) is 17.2 Å². The van der Waals surface area contributed by atoms with Gasteiger partial charge in [-0.3, -0.25) is 0 Å². The number of hydrogen-bond donors (Lipinski definition) is 2. The predicted octanol–water partition coefficient (Wildman–Crippen LogP) is 3.01. The van der Waals surface area contributed by atoms with Crippen LogP contribution in [0, 0.1) is 0 Å². The van der Waals surface area contributed by atoms with Crippen molar-refractivity contribution in [3.8, 4) is 0 Å². The molecule has 0 saturated carbocycles. The van der Waals surface area contributed by atoms with E-state index in [0.717, 1.165) is 37.9 Å². The van der Waals surface area contributed by atoms with Crippen LogP contribution in [0.1, 0.15) is 0 Å². The van der Waals surface area contributed by atoms with Gasteiger partial charge in [-0.05, 0) is 39.1 Å². The summed E-state index contributed by atoms with van der Waals surface area (Å²) in [5.41, 5.74) is 1.96. The van der Waals surface area contributed by atoms with Crippen LogP contribution < -0.4 is 5.46 Å². The van der Waals surface area contributed by atoms with Gasteiger partial charge < -0.3 is 14.5 Å². The molecule has 1 aromatic heterocycles. The van der Waals surface area contributed by atoms with Gasteiger partial charge in [0.15, 0.2) is 0 Å². The molecular formula is C18H11BO3. The van der Waals surface area contributed by atoms with Gasteiger partial charge in [-0.2, -0.15) is 0 Å². The molecule has 2 N–H and O–H groups in total. The maximum atomic E-state index is 9.56. The van der Waals surface area contributed by atoms with E-state index in [4.69, 9.17) is 4.42 Å². The Kier molecular flexibility index (Phi) is 2.19. The van der Waals surface area contributed by atoms with E-state index in [1.807, 2.05) is 30.3 Å². The van der Waals surface area contributed by atoms with Crippen molar-refractivity contribution in [3.05, 3.63) is 54.6 Å². The van der Waals surface area contributed by atoms with Crippen LogP contribution in [0.15, 0.2) is 59.0 Å². The Balaban J connectivity index is 2.19. The minimum absolute atomic E-state index is 0.444. The Hall–Kier alpha value is -2.56. The lowest BCUT2D eigenvalue weighted by molar-refractivity contribution is 0.426. The summed E-state index contributed by atoms with van der Waals surface area (Å²) in [5, 5.41) is 25.7. The Morgan fingerprint density at radius 2 is 1.36 bits per heavy atom. The van der Waals surface area contributed by atoms with E-state index in [1.54, 1.807) is 6.07 Å². The molecule has 0 bridgehead atoms. The predicted molar refractivity (Wildman–Crippen MR) is 89.7 cm³/mol. The first-order chi connectivity index (χ1) is 10.7. The summed E-state index contributed by atoms with van der Waals surface area (Å²) in [7, 11) is -1.51. The molecule has 0 saturated heterocycles. The van der Waals surface area contributed by atoms with Gasteiger partial charge in [-0.1, -0.05) is 42.5 Å². The number of fused-ring (bicyclic) bond motifs is 3. The van der Waals surface area contributed by atoms with Crippen molar-refractivity contribution >= 4 is 56.1 Å². The van der Waals surface area contributed by atoms with Crippen molar-refractivity contribution in [2.24, 2.45) is 0 Å². The fourth-order valence-corrected chi connectivity index (χ4v) is 3.51. The monoisotopic (exact) mass is 286 g/mol. The minimum Gasteiger partial charge on any atom is -0.456 e. The SMILES string of the molecule is OB(O)c1cc2oc3cccc4c5ccccc5c(c1)c2c34. The summed E-state index contributed by atoms with van der Waals surface area (Å²) in [4.78, 5) is 0. The Bertz CT molecular complexity index is 1160. The minimum atomic E-state index is -1.51. The third-order valence-corrected chi connectivity index (χ3v) is 4.43. The van der Waals surface area contributed by atoms with E-state index in [9.17, 15) is 10.0 Å². The average molecular weight is 286 g/mol. The zero-order chi connectivity index (χ0) is 14.8. The molecule has 0 amide bonds. The van der Waals surface area contributed by atoms with E-state index >= 15 is 0 Å². The summed E-state index contributed by atoms with van der Waals surface area (Å²) in [6.07, 6.45) is 0. The highest BCUT2D eigenvalue weighted by atomic mass is 16.4. The van der Waals surface area contributed by atoms with Crippen molar-refractivity contribution in [2.45, 2.75) is 0 Å². The van der Waals surface area contributed by atoms with Crippen molar-refractivity contribution in [1.29, 1.82) is 0 Å². The number of hydrogen-bond acceptors (Lipinski definition) is 3. The lowest BCUT2D eigenvalue weighted by Gasteiger charge is -2.09. The van der Waals surface area contributed by atoms with E-state index in [2.05, 4.69) is 18.2 Å². The van der Waals surface area contributed by atoms with Gasteiger partial charge in [0.2, 0.25) is 0 Å². The summed E-state index contributed by atoms with van der Waals surface area (Å²) in [5.74, 6) is 0. The summed E-state index contributed by atoms with van der Waals surface area (Å²) >= 11 is 0. The molecule has 0 atom stereocenters. The van der Waals surface area contributed by atoms with Crippen LogP contribution >= 0.6 is 0 Å². The fraction of sp³-hybridized carbons (Fsp3) is 0. The second kappa shape index (κ2) is 4.00. The van der Waals surface area contributed by atoms with Crippen LogP contribution in [0.5, 0.6) is 0 Å². The fourth-order valence-electron chi connectivity index (χ4n) is 3.51. The van der Waals surface area contributed by atoms with Gasteiger partial charge in [0.25, 0.3) is 0 Å². The van der Waals surface area contributed by atoms with E-state index < -0.39 is 7.12 Å². The van der Waals surface area contributed by atoms with Crippen LogP contribution in [0.4, 0.5) is 0 Å². The molecule has 0 unspecified atom stereocenters. The molecule has 0 spiro atoms. The number of benzene rings is 4. The van der Waals surface area contributed by atoms with Crippen LogP contribution in [0.25, 0.3) is 43.5 Å². The third kappa shape index (κ3) is 1.38. The van der Waals surface area contributed by atoms with Crippen molar-refractivity contribution in [3.63, 3.8) is 0 Å². The molecule has 1 heterocycles. The van der Waals surface area contributed by atoms with Crippen LogP contribution in [-0.2, 0) is 0 Å². The van der Waals surface area contributed by atoms with E-state index in [0.29, 0.717) is 11.0 Å². The Morgan fingerprint density at radius 3 is 2.14 bits per heavy atom. The molecule has 104 valence electrons. The highest BCUT2D eigenvalue weighted by Crippen LogP contribution is 2.41. The normalized spacial score (nSPS) is 12.1. The van der Waals surface area contributed by atoms with E-state index in [-0.39, 0.29) is 0 Å². The van der Waals surface area contributed by atoms with Gasteiger partial charge in [-0.15, -0.1) is 0 Å². The molecule has 4 aromatic carbocycles. The van der Waals surface area contributed by atoms with Gasteiger partial charge in [-0.25, -0.2) is 0 Å². The lowest BCUT2D eigenvalue weighted by Crippen LogP contribution is -2.29. The van der Waals surface area contributed by atoms with Crippen LogP contribution in [0.2, 0.25) is 0 Å². The number of rotatable bonds is 1. The second-order valence-electron chi connectivity index (χ2n) is 5.64. The van der Waals surface area contributed by atoms with Crippen molar-refractivity contribution in [2.75, 3.05) is 0 Å². The maximum Gasteiger partial charge on any atom is 0.488 e. The molecule has 4 heteroatoms. The van der Waals surface area contributed by atoms with Gasteiger partial charge >= 0.3 is 7.12 Å². The first-order valence-electron chi connectivity index (χ1n) is 7.19. The first kappa shape index (κ1) is 12.0. The summed E-state index contributed by atoms with van der Waals surface area (Å²) in [6.45, 7) is 0. The largest absolute Gasteiger partial charge is 0.488 e. The summed E-state index contributed by atoms with van der Waals surface area (Å²) < 4.78 is 5.95. The molecule has 5 aromatic rings. The second-order valence-corrected chi connectivity index (χ2v) is 5.64. The molecule has 0 radical (unpaired) electrons. The lowest BCUT2D eigenvalue weighted by atomic mass is 9.78. The molecule has 0 aliphatic rings. The Labute approximate surface area is 125 Å². The van der Waals surface area contributed by atoms with E-state index in [1.165, 1.54) is 0 Å². The molecule has 0 aliphatic heterocycles. The smallest absolute Gasteiger partial charge is 0.456 e. The number of furan rings is 1. The topological polar surface area (TPSA) is 53.6 Å².